The van der Waals surface area contributed by atoms with E-state index in [1.807, 2.05) is 6.92 Å². The lowest BCUT2D eigenvalue weighted by molar-refractivity contribution is -0.0933. The summed E-state index contributed by atoms with van der Waals surface area (Å²) in [7, 11) is 0. The van der Waals surface area contributed by atoms with E-state index in [9.17, 15) is 0 Å². The molecule has 0 aliphatic carbocycles. The zero-order chi connectivity index (χ0) is 15.6. The summed E-state index contributed by atoms with van der Waals surface area (Å²) < 4.78 is 5.82. The first kappa shape index (κ1) is 16.2. The highest BCUT2D eigenvalue weighted by molar-refractivity contribution is 5.37. The quantitative estimate of drug-likeness (QED) is 0.923. The van der Waals surface area contributed by atoms with Crippen LogP contribution in [0.3, 0.4) is 0 Å². The third kappa shape index (κ3) is 4.14. The molecule has 2 heterocycles. The largest absolute Gasteiger partial charge is 0.373 e. The van der Waals surface area contributed by atoms with Crippen molar-refractivity contribution in [2.75, 3.05) is 25.0 Å². The SMILES string of the molecule is Cc1cc(NCC(C)(C)N2CC(C)OC(C)C2)nnc1C. The minimum atomic E-state index is 0.0484. The van der Waals surface area contributed by atoms with Gasteiger partial charge in [-0.15, -0.1) is 5.10 Å². The molecule has 2 atom stereocenters. The molecule has 5 nitrogen and oxygen atoms in total. The van der Waals surface area contributed by atoms with Gasteiger partial charge in [0.25, 0.3) is 0 Å². The average Bonchev–Trinajstić information content (AvgIpc) is 2.39. The van der Waals surface area contributed by atoms with Crippen LogP contribution in [0.4, 0.5) is 5.82 Å². The fraction of sp³-hybridized carbons (Fsp3) is 0.750. The highest BCUT2D eigenvalue weighted by Crippen LogP contribution is 2.21. The van der Waals surface area contributed by atoms with Gasteiger partial charge in [-0.05, 0) is 53.2 Å². The standard InChI is InChI=1S/C16H28N4O/c1-11-7-15(19-18-14(11)4)17-10-16(5,6)20-8-12(2)21-13(3)9-20/h7,12-13H,8-10H2,1-6H3,(H,17,19). The third-order valence-electron chi connectivity index (χ3n) is 4.21. The molecule has 2 rings (SSSR count). The number of nitrogens with zero attached hydrogens (tertiary/aromatic N) is 3. The van der Waals surface area contributed by atoms with Crippen molar-refractivity contribution in [2.45, 2.75) is 59.3 Å². The lowest BCUT2D eigenvalue weighted by Gasteiger charge is -2.45. The van der Waals surface area contributed by atoms with Crippen LogP contribution >= 0.6 is 0 Å². The second-order valence-electron chi connectivity index (χ2n) is 6.83. The molecule has 1 aromatic heterocycles. The van der Waals surface area contributed by atoms with Crippen molar-refractivity contribution in [1.29, 1.82) is 0 Å². The van der Waals surface area contributed by atoms with Crippen LogP contribution in [0.5, 0.6) is 0 Å². The molecule has 1 aliphatic heterocycles. The Bertz CT molecular complexity index is 479. The van der Waals surface area contributed by atoms with Crippen LogP contribution in [-0.2, 0) is 4.74 Å². The zero-order valence-corrected chi connectivity index (χ0v) is 14.1. The maximum absolute atomic E-state index is 5.82. The van der Waals surface area contributed by atoms with Crippen molar-refractivity contribution in [1.82, 2.24) is 15.1 Å². The molecule has 1 saturated heterocycles. The molecule has 0 spiro atoms. The van der Waals surface area contributed by atoms with E-state index in [1.165, 1.54) is 5.56 Å². The molecule has 1 N–H and O–H groups in total. The number of ether oxygens (including phenoxy) is 1. The maximum Gasteiger partial charge on any atom is 0.148 e. The normalized spacial score (nSPS) is 24.1. The molecule has 0 amide bonds. The fourth-order valence-corrected chi connectivity index (χ4v) is 2.72. The van der Waals surface area contributed by atoms with Gasteiger partial charge in [-0.25, -0.2) is 0 Å². The van der Waals surface area contributed by atoms with Crippen LogP contribution in [0.2, 0.25) is 0 Å². The van der Waals surface area contributed by atoms with Gasteiger partial charge in [0.2, 0.25) is 0 Å². The summed E-state index contributed by atoms with van der Waals surface area (Å²) in [6, 6.07) is 2.06. The number of hydrogen-bond acceptors (Lipinski definition) is 5. The van der Waals surface area contributed by atoms with Gasteiger partial charge >= 0.3 is 0 Å². The Labute approximate surface area is 128 Å². The fourth-order valence-electron chi connectivity index (χ4n) is 2.72. The van der Waals surface area contributed by atoms with Crippen LogP contribution in [0.1, 0.15) is 39.0 Å². The molecule has 1 fully saturated rings. The van der Waals surface area contributed by atoms with Gasteiger partial charge in [0.05, 0.1) is 17.9 Å². The van der Waals surface area contributed by atoms with Crippen molar-refractivity contribution in [2.24, 2.45) is 0 Å². The summed E-state index contributed by atoms with van der Waals surface area (Å²) in [6.45, 7) is 15.6. The van der Waals surface area contributed by atoms with Crippen molar-refractivity contribution >= 4 is 5.82 Å². The number of hydrogen-bond donors (Lipinski definition) is 1. The van der Waals surface area contributed by atoms with Crippen molar-refractivity contribution in [3.8, 4) is 0 Å². The Hall–Kier alpha value is -1.20. The number of aryl methyl sites for hydroxylation is 2. The molecule has 118 valence electrons. The molecule has 5 heteroatoms. The molecule has 0 aromatic carbocycles. The van der Waals surface area contributed by atoms with Gasteiger partial charge in [0, 0.05) is 25.2 Å². The van der Waals surface area contributed by atoms with E-state index in [0.29, 0.717) is 0 Å². The van der Waals surface area contributed by atoms with Crippen LogP contribution in [0, 0.1) is 13.8 Å². The minimum Gasteiger partial charge on any atom is -0.373 e. The first-order valence-electron chi connectivity index (χ1n) is 7.73. The lowest BCUT2D eigenvalue weighted by Crippen LogP contribution is -2.57. The van der Waals surface area contributed by atoms with Crippen molar-refractivity contribution in [3.05, 3.63) is 17.3 Å². The van der Waals surface area contributed by atoms with Crippen LogP contribution in [0.25, 0.3) is 0 Å². The average molecular weight is 292 g/mol. The summed E-state index contributed by atoms with van der Waals surface area (Å²) in [4.78, 5) is 2.49. The molecular weight excluding hydrogens is 264 g/mol. The lowest BCUT2D eigenvalue weighted by atomic mass is 10.00. The van der Waals surface area contributed by atoms with Gasteiger partial charge < -0.3 is 10.1 Å². The predicted molar refractivity (Wildman–Crippen MR) is 85.7 cm³/mol. The predicted octanol–water partition coefficient (Wildman–Crippen LogP) is 2.39. The smallest absolute Gasteiger partial charge is 0.148 e. The topological polar surface area (TPSA) is 50.3 Å². The van der Waals surface area contributed by atoms with Gasteiger partial charge in [-0.2, -0.15) is 5.10 Å². The summed E-state index contributed by atoms with van der Waals surface area (Å²) in [5, 5.41) is 11.8. The van der Waals surface area contributed by atoms with Crippen LogP contribution in [-0.4, -0.2) is 52.5 Å². The number of aromatic nitrogens is 2. The summed E-state index contributed by atoms with van der Waals surface area (Å²) in [5.41, 5.74) is 2.20. The van der Waals surface area contributed by atoms with Crippen LogP contribution < -0.4 is 5.32 Å². The summed E-state index contributed by atoms with van der Waals surface area (Å²) in [6.07, 6.45) is 0.573. The monoisotopic (exact) mass is 292 g/mol. The van der Waals surface area contributed by atoms with Crippen LogP contribution in [0.15, 0.2) is 6.07 Å². The molecule has 0 bridgehead atoms. The second-order valence-corrected chi connectivity index (χ2v) is 6.83. The van der Waals surface area contributed by atoms with E-state index in [-0.39, 0.29) is 17.7 Å². The number of nitrogens with one attached hydrogen (secondary N) is 1. The molecular formula is C16H28N4O. The number of morpholine rings is 1. The van der Waals surface area contributed by atoms with Gasteiger partial charge in [0.15, 0.2) is 0 Å². The van der Waals surface area contributed by atoms with E-state index < -0.39 is 0 Å². The summed E-state index contributed by atoms with van der Waals surface area (Å²) in [5.74, 6) is 0.848. The van der Waals surface area contributed by atoms with E-state index in [1.54, 1.807) is 0 Å². The van der Waals surface area contributed by atoms with Gasteiger partial charge in [-0.3, -0.25) is 4.90 Å². The Morgan fingerprint density at radius 3 is 2.43 bits per heavy atom. The Morgan fingerprint density at radius 2 is 1.86 bits per heavy atom. The maximum atomic E-state index is 5.82. The van der Waals surface area contributed by atoms with E-state index in [4.69, 9.17) is 4.74 Å². The third-order valence-corrected chi connectivity index (χ3v) is 4.21. The Kier molecular flexibility index (Phi) is 4.84. The van der Waals surface area contributed by atoms with E-state index in [2.05, 4.69) is 61.1 Å². The Morgan fingerprint density at radius 1 is 1.24 bits per heavy atom. The molecule has 0 saturated carbocycles. The molecule has 1 aliphatic rings. The van der Waals surface area contributed by atoms with Gasteiger partial charge in [-0.1, -0.05) is 0 Å². The number of rotatable bonds is 4. The highest BCUT2D eigenvalue weighted by atomic mass is 16.5. The zero-order valence-electron chi connectivity index (χ0n) is 14.1. The Balaban J connectivity index is 1.98. The minimum absolute atomic E-state index is 0.0484. The van der Waals surface area contributed by atoms with E-state index >= 15 is 0 Å². The molecule has 0 radical (unpaired) electrons. The first-order valence-corrected chi connectivity index (χ1v) is 7.73. The van der Waals surface area contributed by atoms with Gasteiger partial charge in [0.1, 0.15) is 5.82 Å². The van der Waals surface area contributed by atoms with Crippen molar-refractivity contribution < 1.29 is 4.74 Å². The highest BCUT2D eigenvalue weighted by Gasteiger charge is 2.33. The van der Waals surface area contributed by atoms with E-state index in [0.717, 1.165) is 31.1 Å². The first-order chi connectivity index (χ1) is 9.78. The molecule has 21 heavy (non-hydrogen) atoms. The summed E-state index contributed by atoms with van der Waals surface area (Å²) >= 11 is 0. The second kappa shape index (κ2) is 6.28. The number of anilines is 1. The van der Waals surface area contributed by atoms with Crippen molar-refractivity contribution in [3.63, 3.8) is 0 Å². The molecule has 1 aromatic rings. The molecule has 2 unspecified atom stereocenters.